The lowest BCUT2D eigenvalue weighted by Gasteiger charge is -2.12. The van der Waals surface area contributed by atoms with Crippen LogP contribution in [0.4, 0.5) is 10.1 Å². The number of halogens is 1. The van der Waals surface area contributed by atoms with Crippen molar-refractivity contribution >= 4 is 39.0 Å². The highest BCUT2D eigenvalue weighted by atomic mass is 32.2. The Morgan fingerprint density at radius 2 is 1.84 bits per heavy atom. The number of aryl methyl sites for hydroxylation is 2. The normalized spacial score (nSPS) is 11.2. The summed E-state index contributed by atoms with van der Waals surface area (Å²) in [7, 11) is 0. The van der Waals surface area contributed by atoms with Gasteiger partial charge in [-0.3, -0.25) is 19.5 Å². The number of thioether (sulfide) groups is 1. The van der Waals surface area contributed by atoms with Gasteiger partial charge in [-0.15, -0.1) is 11.3 Å². The summed E-state index contributed by atoms with van der Waals surface area (Å²) in [5.74, 6) is 0.0939. The molecule has 0 spiro atoms. The summed E-state index contributed by atoms with van der Waals surface area (Å²) < 4.78 is 15.0. The molecule has 4 rings (SSSR count). The minimum atomic E-state index is -0.439. The lowest BCUT2D eigenvalue weighted by atomic mass is 10.1. The zero-order valence-corrected chi connectivity index (χ0v) is 19.1. The summed E-state index contributed by atoms with van der Waals surface area (Å²) in [5.41, 5.74) is 2.21. The van der Waals surface area contributed by atoms with Crippen LogP contribution in [0.1, 0.15) is 29.3 Å². The predicted molar refractivity (Wildman–Crippen MR) is 127 cm³/mol. The first kappa shape index (κ1) is 22.2. The summed E-state index contributed by atoms with van der Waals surface area (Å²) in [5, 5.41) is 12.0. The van der Waals surface area contributed by atoms with Crippen molar-refractivity contribution in [3.63, 3.8) is 0 Å². The Morgan fingerprint density at radius 3 is 2.47 bits per heavy atom. The predicted octanol–water partition coefficient (Wildman–Crippen LogP) is 6.05. The largest absolute Gasteiger partial charge is 0.269 e. The van der Waals surface area contributed by atoms with Crippen LogP contribution in [0.15, 0.2) is 58.5 Å². The zero-order valence-electron chi connectivity index (χ0n) is 17.5. The summed E-state index contributed by atoms with van der Waals surface area (Å²) in [6.45, 7) is 4.05. The van der Waals surface area contributed by atoms with E-state index in [0.717, 1.165) is 28.8 Å². The highest BCUT2D eigenvalue weighted by Crippen LogP contribution is 2.32. The molecule has 0 aliphatic rings. The number of hydrogen-bond acceptors (Lipinski definition) is 6. The van der Waals surface area contributed by atoms with Gasteiger partial charge in [0.1, 0.15) is 10.6 Å². The molecule has 2 aromatic carbocycles. The Kier molecular flexibility index (Phi) is 6.38. The maximum Gasteiger partial charge on any atom is 0.269 e. The quantitative estimate of drug-likeness (QED) is 0.143. The van der Waals surface area contributed by atoms with Crippen LogP contribution < -0.4 is 5.56 Å². The molecule has 0 unspecified atom stereocenters. The third kappa shape index (κ3) is 4.31. The molecule has 2 aromatic heterocycles. The van der Waals surface area contributed by atoms with E-state index in [9.17, 15) is 19.3 Å². The number of nitro benzene ring substituents is 1. The molecule has 0 fully saturated rings. The van der Waals surface area contributed by atoms with Crippen molar-refractivity contribution in [1.29, 1.82) is 0 Å². The van der Waals surface area contributed by atoms with Gasteiger partial charge in [-0.2, -0.15) is 0 Å². The number of fused-ring (bicyclic) bond motifs is 1. The minimum Gasteiger partial charge on any atom is -0.268 e. The SMILES string of the molecule is CCCc1sc2nc(SCc3ccc([N+](=O)[O-])cc3)n(-c3ccc(F)cc3)c(=O)c2c1C. The van der Waals surface area contributed by atoms with Gasteiger partial charge in [-0.1, -0.05) is 37.2 Å². The Bertz CT molecular complexity index is 1350. The van der Waals surface area contributed by atoms with Crippen molar-refractivity contribution in [2.75, 3.05) is 0 Å². The van der Waals surface area contributed by atoms with Crippen LogP contribution in [0.5, 0.6) is 0 Å². The fourth-order valence-corrected chi connectivity index (χ4v) is 5.74. The number of aromatic nitrogens is 2. The molecular weight excluding hydrogens is 449 g/mol. The Labute approximate surface area is 191 Å². The number of benzene rings is 2. The highest BCUT2D eigenvalue weighted by Gasteiger charge is 2.19. The average Bonchev–Trinajstić information content (AvgIpc) is 3.09. The third-order valence-corrected chi connectivity index (χ3v) is 7.36. The second-order valence-corrected chi connectivity index (χ2v) is 9.33. The van der Waals surface area contributed by atoms with Gasteiger partial charge < -0.3 is 0 Å². The number of nitrogens with zero attached hydrogens (tertiary/aromatic N) is 3. The molecule has 0 saturated heterocycles. The summed E-state index contributed by atoms with van der Waals surface area (Å²) in [6, 6.07) is 12.1. The van der Waals surface area contributed by atoms with E-state index < -0.39 is 4.92 Å². The minimum absolute atomic E-state index is 0.0269. The molecule has 0 aliphatic heterocycles. The second kappa shape index (κ2) is 9.22. The van der Waals surface area contributed by atoms with E-state index in [1.165, 1.54) is 51.9 Å². The first-order valence-electron chi connectivity index (χ1n) is 10.1. The first-order chi connectivity index (χ1) is 15.4. The molecule has 2 heterocycles. The molecule has 6 nitrogen and oxygen atoms in total. The number of nitro groups is 1. The molecule has 164 valence electrons. The van der Waals surface area contributed by atoms with Gasteiger partial charge in [-0.05, 0) is 48.7 Å². The standard InChI is InChI=1S/C23H20FN3O3S2/c1-3-4-19-14(2)20-21(32-19)25-23(26(22(20)28)17-11-7-16(24)8-12-17)31-13-15-5-9-18(10-6-15)27(29)30/h5-12H,3-4,13H2,1-2H3. The lowest BCUT2D eigenvalue weighted by Crippen LogP contribution is -2.21. The van der Waals surface area contributed by atoms with Crippen molar-refractivity contribution in [2.45, 2.75) is 37.6 Å². The maximum absolute atomic E-state index is 13.6. The molecule has 9 heteroatoms. The van der Waals surface area contributed by atoms with Gasteiger partial charge in [0.2, 0.25) is 0 Å². The van der Waals surface area contributed by atoms with E-state index >= 15 is 0 Å². The van der Waals surface area contributed by atoms with Crippen molar-refractivity contribution in [1.82, 2.24) is 9.55 Å². The van der Waals surface area contributed by atoms with E-state index in [2.05, 4.69) is 6.92 Å². The molecule has 0 atom stereocenters. The van der Waals surface area contributed by atoms with E-state index in [1.54, 1.807) is 24.3 Å². The molecule has 4 aromatic rings. The van der Waals surface area contributed by atoms with Crippen LogP contribution in [-0.2, 0) is 12.2 Å². The number of non-ortho nitro benzene ring substituents is 1. The van der Waals surface area contributed by atoms with Crippen LogP contribution >= 0.6 is 23.1 Å². The van der Waals surface area contributed by atoms with E-state index in [-0.39, 0.29) is 17.1 Å². The van der Waals surface area contributed by atoms with E-state index in [1.807, 2.05) is 6.92 Å². The van der Waals surface area contributed by atoms with Crippen LogP contribution in [-0.4, -0.2) is 14.5 Å². The van der Waals surface area contributed by atoms with E-state index in [0.29, 0.717) is 26.8 Å². The number of thiophene rings is 1. The second-order valence-electron chi connectivity index (χ2n) is 7.30. The Hall–Kier alpha value is -3.04. The van der Waals surface area contributed by atoms with Crippen LogP contribution in [0, 0.1) is 22.9 Å². The van der Waals surface area contributed by atoms with Crippen molar-refractivity contribution < 1.29 is 9.31 Å². The van der Waals surface area contributed by atoms with Crippen molar-refractivity contribution in [3.8, 4) is 5.69 Å². The Morgan fingerprint density at radius 1 is 1.16 bits per heavy atom. The first-order valence-corrected chi connectivity index (χ1v) is 11.9. The van der Waals surface area contributed by atoms with Gasteiger partial charge in [0, 0.05) is 22.8 Å². The highest BCUT2D eigenvalue weighted by molar-refractivity contribution is 7.98. The molecule has 0 bridgehead atoms. The average molecular weight is 470 g/mol. The molecule has 0 radical (unpaired) electrons. The van der Waals surface area contributed by atoms with Gasteiger partial charge in [0.25, 0.3) is 11.2 Å². The van der Waals surface area contributed by atoms with Gasteiger partial charge in [-0.25, -0.2) is 9.37 Å². The third-order valence-electron chi connectivity index (χ3n) is 5.11. The number of hydrogen-bond donors (Lipinski definition) is 0. The van der Waals surface area contributed by atoms with Gasteiger partial charge in [0.05, 0.1) is 16.0 Å². The van der Waals surface area contributed by atoms with Crippen LogP contribution in [0.25, 0.3) is 15.9 Å². The smallest absolute Gasteiger partial charge is 0.268 e. The topological polar surface area (TPSA) is 78.0 Å². The molecular formula is C23H20FN3O3S2. The monoisotopic (exact) mass is 469 g/mol. The van der Waals surface area contributed by atoms with Crippen LogP contribution in [0.2, 0.25) is 0 Å². The molecule has 0 aliphatic carbocycles. The van der Waals surface area contributed by atoms with Crippen molar-refractivity contribution in [2.24, 2.45) is 0 Å². The fraction of sp³-hybridized carbons (Fsp3) is 0.217. The lowest BCUT2D eigenvalue weighted by molar-refractivity contribution is -0.384. The zero-order chi connectivity index (χ0) is 22.8. The van der Waals surface area contributed by atoms with Gasteiger partial charge in [0.15, 0.2) is 5.16 Å². The fourth-order valence-electron chi connectivity index (χ4n) is 3.45. The van der Waals surface area contributed by atoms with Crippen molar-refractivity contribution in [3.05, 3.63) is 90.8 Å². The Balaban J connectivity index is 1.80. The summed E-state index contributed by atoms with van der Waals surface area (Å²) >= 11 is 2.90. The van der Waals surface area contributed by atoms with Crippen LogP contribution in [0.3, 0.4) is 0 Å². The molecule has 32 heavy (non-hydrogen) atoms. The maximum atomic E-state index is 13.6. The molecule has 0 N–H and O–H groups in total. The molecule has 0 saturated carbocycles. The summed E-state index contributed by atoms with van der Waals surface area (Å²) in [6.07, 6.45) is 1.86. The summed E-state index contributed by atoms with van der Waals surface area (Å²) in [4.78, 5) is 30.6. The molecule has 0 amide bonds. The van der Waals surface area contributed by atoms with Gasteiger partial charge >= 0.3 is 0 Å². The number of rotatable bonds is 7. The van der Waals surface area contributed by atoms with E-state index in [4.69, 9.17) is 4.98 Å².